The van der Waals surface area contributed by atoms with Crippen LogP contribution in [0.1, 0.15) is 36.8 Å². The number of likely N-dealkylation sites (tertiary alicyclic amines) is 1. The van der Waals surface area contributed by atoms with Crippen LogP contribution in [0, 0.1) is 11.3 Å². The van der Waals surface area contributed by atoms with Crippen molar-refractivity contribution in [2.75, 3.05) is 13.1 Å². The van der Waals surface area contributed by atoms with Gasteiger partial charge in [-0.3, -0.25) is 4.79 Å². The summed E-state index contributed by atoms with van der Waals surface area (Å²) in [5.74, 6) is 0.528. The summed E-state index contributed by atoms with van der Waals surface area (Å²) in [5, 5.41) is 9.26. The molecule has 24 heavy (non-hydrogen) atoms. The number of benzene rings is 2. The molecule has 0 aromatic heterocycles. The molecule has 3 nitrogen and oxygen atoms in total. The van der Waals surface area contributed by atoms with E-state index in [0.717, 1.165) is 36.0 Å². The number of hydrogen-bond acceptors (Lipinski definition) is 2. The lowest BCUT2D eigenvalue weighted by Gasteiger charge is -2.32. The molecule has 0 bridgehead atoms. The summed E-state index contributed by atoms with van der Waals surface area (Å²) in [4.78, 5) is 13.4. The van der Waals surface area contributed by atoms with Crippen molar-refractivity contribution in [3.63, 3.8) is 0 Å². The van der Waals surface area contributed by atoms with E-state index in [4.69, 9.17) is 0 Å². The van der Waals surface area contributed by atoms with Gasteiger partial charge in [0, 0.05) is 24.5 Å². The molecule has 0 saturated carbocycles. The zero-order chi connectivity index (χ0) is 17.1. The van der Waals surface area contributed by atoms with Crippen LogP contribution in [0.4, 0.5) is 0 Å². The largest absolute Gasteiger partial charge is 0.343 e. The first-order valence-electron chi connectivity index (χ1n) is 8.14. The molecule has 1 aliphatic heterocycles. The van der Waals surface area contributed by atoms with Crippen LogP contribution in [-0.4, -0.2) is 23.9 Å². The number of carbonyl (C=O) groups excluding carboxylic acids is 1. The maximum absolute atomic E-state index is 11.5. The summed E-state index contributed by atoms with van der Waals surface area (Å²) in [7, 11) is 0. The highest BCUT2D eigenvalue weighted by Gasteiger charge is 2.24. The van der Waals surface area contributed by atoms with Crippen molar-refractivity contribution in [1.82, 2.24) is 4.90 Å². The maximum atomic E-state index is 11.5. The molecule has 2 aromatic carbocycles. The summed E-state index contributed by atoms with van der Waals surface area (Å²) < 4.78 is 1.05. The fraction of sp³-hybridized carbons (Fsp3) is 0.300. The zero-order valence-corrected chi connectivity index (χ0v) is 15.2. The third-order valence-electron chi connectivity index (χ3n) is 4.72. The standard InChI is InChI=1S/C20H19BrN2O/c1-14(24)23-10-8-17(9-11-23)20-12-15(13-22)2-7-19(20)16-3-5-18(21)6-4-16/h2-7,12,17H,8-11H2,1H3. The molecule has 0 N–H and O–H groups in total. The average molecular weight is 383 g/mol. The third-order valence-corrected chi connectivity index (χ3v) is 5.24. The van der Waals surface area contributed by atoms with Crippen molar-refractivity contribution < 1.29 is 4.79 Å². The Labute approximate surface area is 151 Å². The van der Waals surface area contributed by atoms with Crippen LogP contribution in [0.15, 0.2) is 46.9 Å². The summed E-state index contributed by atoms with van der Waals surface area (Å²) in [6, 6.07) is 16.5. The smallest absolute Gasteiger partial charge is 0.219 e. The Morgan fingerprint density at radius 3 is 2.42 bits per heavy atom. The second kappa shape index (κ2) is 7.19. The Morgan fingerprint density at radius 2 is 1.83 bits per heavy atom. The predicted octanol–water partition coefficient (Wildman–Crippen LogP) is 4.71. The lowest BCUT2D eigenvalue weighted by atomic mass is 9.83. The molecule has 122 valence electrons. The van der Waals surface area contributed by atoms with Gasteiger partial charge in [0.1, 0.15) is 0 Å². The van der Waals surface area contributed by atoms with Crippen LogP contribution in [0.2, 0.25) is 0 Å². The molecular formula is C20H19BrN2O. The van der Waals surface area contributed by atoms with E-state index >= 15 is 0 Å². The van der Waals surface area contributed by atoms with Crippen molar-refractivity contribution in [3.8, 4) is 17.2 Å². The van der Waals surface area contributed by atoms with Gasteiger partial charge in [0.25, 0.3) is 0 Å². The number of nitriles is 1. The Bertz CT molecular complexity index is 784. The molecule has 1 aliphatic rings. The van der Waals surface area contributed by atoms with Gasteiger partial charge in [-0.2, -0.15) is 5.26 Å². The van der Waals surface area contributed by atoms with E-state index in [0.29, 0.717) is 11.5 Å². The summed E-state index contributed by atoms with van der Waals surface area (Å²) in [6.07, 6.45) is 1.88. The van der Waals surface area contributed by atoms with Crippen LogP contribution in [0.3, 0.4) is 0 Å². The number of amides is 1. The average Bonchev–Trinajstić information content (AvgIpc) is 2.62. The van der Waals surface area contributed by atoms with Gasteiger partial charge in [-0.25, -0.2) is 0 Å². The van der Waals surface area contributed by atoms with E-state index in [1.54, 1.807) is 6.92 Å². The second-order valence-corrected chi connectivity index (χ2v) is 7.12. The molecule has 3 rings (SSSR count). The van der Waals surface area contributed by atoms with Gasteiger partial charge in [0.2, 0.25) is 5.91 Å². The molecule has 1 amide bonds. The van der Waals surface area contributed by atoms with Crippen LogP contribution in [0.5, 0.6) is 0 Å². The lowest BCUT2D eigenvalue weighted by Crippen LogP contribution is -2.36. The topological polar surface area (TPSA) is 44.1 Å². The first-order valence-corrected chi connectivity index (χ1v) is 8.93. The lowest BCUT2D eigenvalue weighted by molar-refractivity contribution is -0.129. The Kier molecular flexibility index (Phi) is 5.01. The fourth-order valence-corrected chi connectivity index (χ4v) is 3.63. The van der Waals surface area contributed by atoms with Gasteiger partial charge in [0.15, 0.2) is 0 Å². The number of carbonyl (C=O) groups is 1. The van der Waals surface area contributed by atoms with Gasteiger partial charge in [0.05, 0.1) is 11.6 Å². The van der Waals surface area contributed by atoms with Gasteiger partial charge < -0.3 is 4.90 Å². The zero-order valence-electron chi connectivity index (χ0n) is 13.6. The fourth-order valence-electron chi connectivity index (χ4n) is 3.37. The number of hydrogen-bond donors (Lipinski definition) is 0. The molecule has 0 spiro atoms. The van der Waals surface area contributed by atoms with Crippen molar-refractivity contribution in [1.29, 1.82) is 5.26 Å². The SMILES string of the molecule is CC(=O)N1CCC(c2cc(C#N)ccc2-c2ccc(Br)cc2)CC1. The molecule has 4 heteroatoms. The number of piperidine rings is 1. The number of nitrogens with zero attached hydrogens (tertiary/aromatic N) is 2. The first-order chi connectivity index (χ1) is 11.6. The van der Waals surface area contributed by atoms with Gasteiger partial charge >= 0.3 is 0 Å². The van der Waals surface area contributed by atoms with Crippen LogP contribution < -0.4 is 0 Å². The van der Waals surface area contributed by atoms with Gasteiger partial charge in [-0.1, -0.05) is 34.1 Å². The van der Waals surface area contributed by atoms with E-state index in [9.17, 15) is 10.1 Å². The minimum Gasteiger partial charge on any atom is -0.343 e. The minimum atomic E-state index is 0.146. The van der Waals surface area contributed by atoms with Crippen LogP contribution >= 0.6 is 15.9 Å². The molecule has 0 aliphatic carbocycles. The molecule has 2 aromatic rings. The molecular weight excluding hydrogens is 364 g/mol. The molecule has 1 fully saturated rings. The molecule has 0 unspecified atom stereocenters. The van der Waals surface area contributed by atoms with Crippen molar-refractivity contribution in [3.05, 3.63) is 58.1 Å². The normalized spacial score (nSPS) is 15.1. The van der Waals surface area contributed by atoms with Crippen molar-refractivity contribution in [2.45, 2.75) is 25.7 Å². The first kappa shape index (κ1) is 16.7. The van der Waals surface area contributed by atoms with Crippen LogP contribution in [-0.2, 0) is 4.79 Å². The van der Waals surface area contributed by atoms with E-state index in [2.05, 4.69) is 40.2 Å². The Morgan fingerprint density at radius 1 is 1.17 bits per heavy atom. The molecule has 0 radical (unpaired) electrons. The minimum absolute atomic E-state index is 0.146. The molecule has 1 saturated heterocycles. The van der Waals surface area contributed by atoms with E-state index in [1.807, 2.05) is 29.2 Å². The summed E-state index contributed by atoms with van der Waals surface area (Å²) >= 11 is 3.48. The highest BCUT2D eigenvalue weighted by molar-refractivity contribution is 9.10. The highest BCUT2D eigenvalue weighted by atomic mass is 79.9. The number of rotatable bonds is 2. The second-order valence-electron chi connectivity index (χ2n) is 6.20. The summed E-state index contributed by atoms with van der Waals surface area (Å²) in [5.41, 5.74) is 4.26. The van der Waals surface area contributed by atoms with E-state index in [1.165, 1.54) is 11.1 Å². The summed E-state index contributed by atoms with van der Waals surface area (Å²) in [6.45, 7) is 3.21. The highest BCUT2D eigenvalue weighted by Crippen LogP contribution is 2.36. The van der Waals surface area contributed by atoms with Crippen molar-refractivity contribution in [2.24, 2.45) is 0 Å². The van der Waals surface area contributed by atoms with E-state index < -0.39 is 0 Å². The Balaban J connectivity index is 1.95. The predicted molar refractivity (Wildman–Crippen MR) is 98.5 cm³/mol. The van der Waals surface area contributed by atoms with E-state index in [-0.39, 0.29) is 5.91 Å². The Hall–Kier alpha value is -2.12. The third kappa shape index (κ3) is 3.52. The number of halogens is 1. The van der Waals surface area contributed by atoms with Gasteiger partial charge in [-0.05, 0) is 59.7 Å². The quantitative estimate of drug-likeness (QED) is 0.754. The maximum Gasteiger partial charge on any atom is 0.219 e. The molecule has 0 atom stereocenters. The van der Waals surface area contributed by atoms with Gasteiger partial charge in [-0.15, -0.1) is 0 Å². The molecule has 1 heterocycles. The van der Waals surface area contributed by atoms with Crippen molar-refractivity contribution >= 4 is 21.8 Å². The monoisotopic (exact) mass is 382 g/mol. The van der Waals surface area contributed by atoms with Crippen LogP contribution in [0.25, 0.3) is 11.1 Å².